The Labute approximate surface area is 132 Å². The minimum Gasteiger partial charge on any atom is -0.395 e. The van der Waals surface area contributed by atoms with Crippen LogP contribution in [0.25, 0.3) is 0 Å². The first-order valence-corrected chi connectivity index (χ1v) is 10.7. The summed E-state index contributed by atoms with van der Waals surface area (Å²) in [4.78, 5) is 4.57. The van der Waals surface area contributed by atoms with E-state index in [-0.39, 0.29) is 6.04 Å². The smallest absolute Gasteiger partial charge is 0.334 e. The Bertz CT molecular complexity index is 291. The molecule has 2 N–H and O–H groups in total. The first kappa shape index (κ1) is 20.4. The average Bonchev–Trinajstić information content (AvgIpc) is 2.33. The Morgan fingerprint density at radius 2 is 1.67 bits per heavy atom. The molecule has 0 rings (SSSR count). The van der Waals surface area contributed by atoms with Gasteiger partial charge in [-0.05, 0) is 60.6 Å². The first-order chi connectivity index (χ1) is 9.83. The fourth-order valence-corrected chi connectivity index (χ4v) is 4.49. The monoisotopic (exact) mass is 317 g/mol. The first-order valence-electron chi connectivity index (χ1n) is 8.19. The number of rotatable bonds is 10. The summed E-state index contributed by atoms with van der Waals surface area (Å²) in [5, 5.41) is 6.74. The van der Waals surface area contributed by atoms with Crippen molar-refractivity contribution in [3.63, 3.8) is 0 Å². The maximum atomic E-state index is 5.85. The van der Waals surface area contributed by atoms with Crippen LogP contribution in [0.1, 0.15) is 48.0 Å². The predicted octanol–water partition coefficient (Wildman–Crippen LogP) is 2.87. The Morgan fingerprint density at radius 3 is 2.10 bits per heavy atom. The molecule has 0 aliphatic heterocycles. The zero-order chi connectivity index (χ0) is 16.3. The molecule has 126 valence electrons. The molecule has 0 unspecified atom stereocenters. The molecule has 21 heavy (non-hydrogen) atoms. The SMILES string of the molecule is CCO[Si](C)(CCCN/C(=N\C(C)C)NC(C)C)OCC. The third-order valence-electron chi connectivity index (χ3n) is 2.81. The van der Waals surface area contributed by atoms with E-state index in [1.165, 1.54) is 0 Å². The topological polar surface area (TPSA) is 54.9 Å². The van der Waals surface area contributed by atoms with E-state index in [9.17, 15) is 0 Å². The van der Waals surface area contributed by atoms with Crippen LogP contribution in [-0.4, -0.2) is 46.4 Å². The minimum atomic E-state index is -1.99. The van der Waals surface area contributed by atoms with Gasteiger partial charge in [0.2, 0.25) is 0 Å². The quantitative estimate of drug-likeness (QED) is 0.281. The lowest BCUT2D eigenvalue weighted by molar-refractivity contribution is 0.188. The molecule has 0 aromatic carbocycles. The molecule has 0 atom stereocenters. The lowest BCUT2D eigenvalue weighted by Crippen LogP contribution is -2.43. The number of nitrogens with zero attached hydrogens (tertiary/aromatic N) is 1. The molecular weight excluding hydrogens is 282 g/mol. The van der Waals surface area contributed by atoms with Crippen LogP contribution in [0.3, 0.4) is 0 Å². The van der Waals surface area contributed by atoms with Gasteiger partial charge >= 0.3 is 8.56 Å². The molecule has 0 amide bonds. The minimum absolute atomic E-state index is 0.283. The van der Waals surface area contributed by atoms with Gasteiger partial charge < -0.3 is 19.5 Å². The van der Waals surface area contributed by atoms with Gasteiger partial charge in [-0.25, -0.2) is 0 Å². The van der Waals surface area contributed by atoms with Crippen molar-refractivity contribution in [3.05, 3.63) is 0 Å². The molecule has 6 heteroatoms. The second kappa shape index (κ2) is 11.0. The molecule has 0 saturated heterocycles. The van der Waals surface area contributed by atoms with Crippen molar-refractivity contribution in [1.29, 1.82) is 0 Å². The normalized spacial score (nSPS) is 13.1. The second-order valence-electron chi connectivity index (χ2n) is 5.90. The summed E-state index contributed by atoms with van der Waals surface area (Å²) >= 11 is 0. The second-order valence-corrected chi connectivity index (χ2v) is 9.25. The van der Waals surface area contributed by atoms with Gasteiger partial charge in [-0.1, -0.05) is 0 Å². The molecule has 0 heterocycles. The van der Waals surface area contributed by atoms with E-state index < -0.39 is 8.56 Å². The summed E-state index contributed by atoms with van der Waals surface area (Å²) in [6.07, 6.45) is 1.03. The van der Waals surface area contributed by atoms with Gasteiger partial charge in [0.1, 0.15) is 0 Å². The van der Waals surface area contributed by atoms with Gasteiger partial charge in [-0.2, -0.15) is 0 Å². The Morgan fingerprint density at radius 1 is 1.10 bits per heavy atom. The van der Waals surface area contributed by atoms with E-state index in [4.69, 9.17) is 8.85 Å². The van der Waals surface area contributed by atoms with Crippen molar-refractivity contribution in [1.82, 2.24) is 10.6 Å². The highest BCUT2D eigenvalue weighted by Gasteiger charge is 2.29. The van der Waals surface area contributed by atoms with Gasteiger partial charge in [0.05, 0.1) is 0 Å². The van der Waals surface area contributed by atoms with Gasteiger partial charge in [0.25, 0.3) is 0 Å². The zero-order valence-electron chi connectivity index (χ0n) is 15.0. The fourth-order valence-electron chi connectivity index (χ4n) is 2.08. The molecule has 0 spiro atoms. The van der Waals surface area contributed by atoms with Crippen LogP contribution in [0.15, 0.2) is 4.99 Å². The van der Waals surface area contributed by atoms with Crippen LogP contribution >= 0.6 is 0 Å². The van der Waals surface area contributed by atoms with Gasteiger partial charge in [0, 0.05) is 31.8 Å². The molecule has 0 aliphatic carbocycles. The van der Waals surface area contributed by atoms with E-state index in [1.54, 1.807) is 0 Å². The van der Waals surface area contributed by atoms with Crippen LogP contribution in [0.2, 0.25) is 12.6 Å². The van der Waals surface area contributed by atoms with Gasteiger partial charge in [0.15, 0.2) is 5.96 Å². The number of hydrogen-bond donors (Lipinski definition) is 2. The maximum absolute atomic E-state index is 5.85. The van der Waals surface area contributed by atoms with Crippen molar-refractivity contribution in [2.24, 2.45) is 4.99 Å². The van der Waals surface area contributed by atoms with Gasteiger partial charge in [-0.15, -0.1) is 0 Å². The van der Waals surface area contributed by atoms with Crippen LogP contribution in [-0.2, 0) is 8.85 Å². The molecule has 0 aromatic heterocycles. The Hall–Kier alpha value is -0.593. The Balaban J connectivity index is 4.24. The molecule has 0 aromatic rings. The molecule has 5 nitrogen and oxygen atoms in total. The fraction of sp³-hybridized carbons (Fsp3) is 0.933. The van der Waals surface area contributed by atoms with Crippen LogP contribution in [0, 0.1) is 0 Å². The maximum Gasteiger partial charge on any atom is 0.334 e. The number of aliphatic imine (C=N–C) groups is 1. The molecule has 0 bridgehead atoms. The van der Waals surface area contributed by atoms with E-state index in [0.29, 0.717) is 6.04 Å². The number of guanidine groups is 1. The lowest BCUT2D eigenvalue weighted by atomic mass is 10.4. The average molecular weight is 318 g/mol. The Kier molecular flexibility index (Phi) is 10.7. The highest BCUT2D eigenvalue weighted by Crippen LogP contribution is 2.15. The third-order valence-corrected chi connectivity index (χ3v) is 5.87. The van der Waals surface area contributed by atoms with Crippen molar-refractivity contribution in [3.8, 4) is 0 Å². The molecular formula is C15H35N3O2Si. The van der Waals surface area contributed by atoms with E-state index in [0.717, 1.165) is 38.2 Å². The zero-order valence-corrected chi connectivity index (χ0v) is 16.0. The van der Waals surface area contributed by atoms with E-state index in [2.05, 4.69) is 49.9 Å². The summed E-state index contributed by atoms with van der Waals surface area (Å²) in [5.74, 6) is 0.885. The van der Waals surface area contributed by atoms with Gasteiger partial charge in [-0.3, -0.25) is 4.99 Å². The van der Waals surface area contributed by atoms with Crippen LogP contribution in [0.4, 0.5) is 0 Å². The summed E-state index contributed by atoms with van der Waals surface area (Å²) in [6.45, 7) is 16.9. The highest BCUT2D eigenvalue weighted by atomic mass is 28.4. The predicted molar refractivity (Wildman–Crippen MR) is 93.1 cm³/mol. The van der Waals surface area contributed by atoms with Crippen molar-refractivity contribution >= 4 is 14.5 Å². The van der Waals surface area contributed by atoms with E-state index >= 15 is 0 Å². The summed E-state index contributed by atoms with van der Waals surface area (Å²) in [5.41, 5.74) is 0. The molecule has 0 radical (unpaired) electrons. The molecule has 0 saturated carbocycles. The highest BCUT2D eigenvalue weighted by molar-refractivity contribution is 6.66. The molecule has 0 aliphatic rings. The number of hydrogen-bond acceptors (Lipinski definition) is 3. The van der Waals surface area contributed by atoms with Crippen LogP contribution in [0.5, 0.6) is 0 Å². The van der Waals surface area contributed by atoms with Crippen molar-refractivity contribution in [2.45, 2.75) is 72.6 Å². The third kappa shape index (κ3) is 10.7. The summed E-state index contributed by atoms with van der Waals surface area (Å²) in [6, 6.07) is 1.66. The summed E-state index contributed by atoms with van der Waals surface area (Å²) < 4.78 is 11.7. The largest absolute Gasteiger partial charge is 0.395 e. The van der Waals surface area contributed by atoms with E-state index in [1.807, 2.05) is 13.8 Å². The van der Waals surface area contributed by atoms with Crippen molar-refractivity contribution in [2.75, 3.05) is 19.8 Å². The number of nitrogens with one attached hydrogen (secondary N) is 2. The van der Waals surface area contributed by atoms with Crippen LogP contribution < -0.4 is 10.6 Å². The standard InChI is InChI=1S/C15H35N3O2Si/c1-8-19-21(7,20-9-2)12-10-11-16-15(17-13(3)4)18-14(5)6/h13-14H,8-12H2,1-7H3,(H2,16,17,18). The molecule has 0 fully saturated rings. The lowest BCUT2D eigenvalue weighted by Gasteiger charge is -2.26. The summed E-state index contributed by atoms with van der Waals surface area (Å²) in [7, 11) is -1.99. The van der Waals surface area contributed by atoms with Crippen molar-refractivity contribution < 1.29 is 8.85 Å².